The van der Waals surface area contributed by atoms with Crippen LogP contribution in [0.15, 0.2) is 30.5 Å². The first-order valence-corrected chi connectivity index (χ1v) is 6.99. The second-order valence-electron chi connectivity index (χ2n) is 5.25. The quantitative estimate of drug-likeness (QED) is 0.938. The second kappa shape index (κ2) is 6.43. The van der Waals surface area contributed by atoms with Crippen LogP contribution in [-0.2, 0) is 18.4 Å². The Kier molecular flexibility index (Phi) is 4.60. The third-order valence-electron chi connectivity index (χ3n) is 3.69. The summed E-state index contributed by atoms with van der Waals surface area (Å²) in [6.45, 7) is 3.80. The Hall–Kier alpha value is -2.63. The van der Waals surface area contributed by atoms with Crippen LogP contribution in [0.4, 0.5) is 5.69 Å². The molecular weight excluding hydrogens is 280 g/mol. The van der Waals surface area contributed by atoms with Gasteiger partial charge in [0.25, 0.3) is 5.91 Å². The predicted molar refractivity (Wildman–Crippen MR) is 84.5 cm³/mol. The summed E-state index contributed by atoms with van der Waals surface area (Å²) >= 11 is 0. The van der Waals surface area contributed by atoms with Gasteiger partial charge in [0.05, 0.1) is 11.8 Å². The maximum absolute atomic E-state index is 12.4. The molecule has 0 saturated heterocycles. The summed E-state index contributed by atoms with van der Waals surface area (Å²) in [6.07, 6.45) is 1.55. The van der Waals surface area contributed by atoms with E-state index in [-0.39, 0.29) is 11.8 Å². The van der Waals surface area contributed by atoms with Crippen LogP contribution in [0.2, 0.25) is 0 Å². The molecule has 1 aromatic carbocycles. The lowest BCUT2D eigenvalue weighted by atomic mass is 10.1. The lowest BCUT2D eigenvalue weighted by Crippen LogP contribution is -2.24. The Morgan fingerprint density at radius 1 is 1.32 bits per heavy atom. The van der Waals surface area contributed by atoms with E-state index >= 15 is 0 Å². The van der Waals surface area contributed by atoms with Crippen molar-refractivity contribution in [2.75, 3.05) is 12.4 Å². The fourth-order valence-electron chi connectivity index (χ4n) is 2.06. The lowest BCUT2D eigenvalue weighted by Gasteiger charge is -2.17. The van der Waals surface area contributed by atoms with Crippen molar-refractivity contribution in [3.63, 3.8) is 0 Å². The zero-order valence-corrected chi connectivity index (χ0v) is 13.3. The normalized spacial score (nSPS) is 10.4. The van der Waals surface area contributed by atoms with Crippen LogP contribution in [0.25, 0.3) is 0 Å². The van der Waals surface area contributed by atoms with Crippen LogP contribution < -0.4 is 5.32 Å². The molecule has 0 saturated carbocycles. The third kappa shape index (κ3) is 3.33. The Labute approximate surface area is 129 Å². The minimum Gasteiger partial charge on any atom is -0.342 e. The van der Waals surface area contributed by atoms with Gasteiger partial charge in [-0.25, -0.2) is 0 Å². The van der Waals surface area contributed by atoms with Gasteiger partial charge in [-0.2, -0.15) is 5.10 Å². The van der Waals surface area contributed by atoms with Crippen LogP contribution in [0, 0.1) is 6.92 Å². The van der Waals surface area contributed by atoms with Crippen molar-refractivity contribution in [2.45, 2.75) is 20.4 Å². The van der Waals surface area contributed by atoms with Crippen LogP contribution >= 0.6 is 0 Å². The minimum atomic E-state index is -0.205. The molecule has 22 heavy (non-hydrogen) atoms. The number of aromatic nitrogens is 2. The van der Waals surface area contributed by atoms with E-state index in [1.54, 1.807) is 29.9 Å². The lowest BCUT2D eigenvalue weighted by molar-refractivity contribution is -0.128. The standard InChI is InChI=1S/C16H20N4O2/c1-11-14(9-17-20(11)4)16(22)18-15-8-6-5-7-13(15)10-19(3)12(2)21/h5-9H,10H2,1-4H3,(H,18,22). The van der Waals surface area contributed by atoms with Crippen LogP contribution in [0.3, 0.4) is 0 Å². The summed E-state index contributed by atoms with van der Waals surface area (Å²) in [5.74, 6) is -0.229. The molecule has 1 aromatic heterocycles. The first-order chi connectivity index (χ1) is 10.4. The monoisotopic (exact) mass is 300 g/mol. The van der Waals surface area contributed by atoms with Crippen LogP contribution in [-0.4, -0.2) is 33.5 Å². The van der Waals surface area contributed by atoms with Gasteiger partial charge in [0.1, 0.15) is 0 Å². The molecule has 2 rings (SSSR count). The Morgan fingerprint density at radius 2 is 2.00 bits per heavy atom. The molecular formula is C16H20N4O2. The molecule has 0 unspecified atom stereocenters. The summed E-state index contributed by atoms with van der Waals surface area (Å²) < 4.78 is 1.66. The van der Waals surface area contributed by atoms with Gasteiger partial charge in [-0.05, 0) is 18.6 Å². The SMILES string of the molecule is CC(=O)N(C)Cc1ccccc1NC(=O)c1cnn(C)c1C. The van der Waals surface area contributed by atoms with Gasteiger partial charge in [0.2, 0.25) is 5.91 Å². The number of nitrogens with zero attached hydrogens (tertiary/aromatic N) is 3. The molecule has 2 amide bonds. The molecule has 0 fully saturated rings. The summed E-state index contributed by atoms with van der Waals surface area (Å²) in [7, 11) is 3.52. The Balaban J connectivity index is 2.21. The van der Waals surface area contributed by atoms with Gasteiger partial charge in [-0.1, -0.05) is 18.2 Å². The number of para-hydroxylation sites is 1. The van der Waals surface area contributed by atoms with E-state index < -0.39 is 0 Å². The fourth-order valence-corrected chi connectivity index (χ4v) is 2.06. The number of aryl methyl sites for hydroxylation is 1. The van der Waals surface area contributed by atoms with Crippen molar-refractivity contribution in [3.8, 4) is 0 Å². The predicted octanol–water partition coefficient (Wildman–Crippen LogP) is 1.96. The Morgan fingerprint density at radius 3 is 2.59 bits per heavy atom. The van der Waals surface area contributed by atoms with E-state index in [0.29, 0.717) is 17.8 Å². The zero-order chi connectivity index (χ0) is 16.3. The van der Waals surface area contributed by atoms with Gasteiger partial charge in [0, 0.05) is 38.9 Å². The van der Waals surface area contributed by atoms with Crippen molar-refractivity contribution in [1.82, 2.24) is 14.7 Å². The highest BCUT2D eigenvalue weighted by atomic mass is 16.2. The number of nitrogens with one attached hydrogen (secondary N) is 1. The molecule has 6 heteroatoms. The molecule has 116 valence electrons. The maximum atomic E-state index is 12.4. The van der Waals surface area contributed by atoms with E-state index in [9.17, 15) is 9.59 Å². The number of hydrogen-bond donors (Lipinski definition) is 1. The van der Waals surface area contributed by atoms with Gasteiger partial charge in [0.15, 0.2) is 0 Å². The summed E-state index contributed by atoms with van der Waals surface area (Å²) in [5.41, 5.74) is 2.92. The second-order valence-corrected chi connectivity index (χ2v) is 5.25. The molecule has 6 nitrogen and oxygen atoms in total. The van der Waals surface area contributed by atoms with Crippen LogP contribution in [0.5, 0.6) is 0 Å². The first-order valence-electron chi connectivity index (χ1n) is 6.99. The third-order valence-corrected chi connectivity index (χ3v) is 3.69. The van der Waals surface area contributed by atoms with Crippen molar-refractivity contribution >= 4 is 17.5 Å². The van der Waals surface area contributed by atoms with Crippen molar-refractivity contribution < 1.29 is 9.59 Å². The molecule has 0 bridgehead atoms. The molecule has 1 N–H and O–H groups in total. The van der Waals surface area contributed by atoms with Gasteiger partial charge in [-0.15, -0.1) is 0 Å². The minimum absolute atomic E-state index is 0.0239. The van der Waals surface area contributed by atoms with Crippen LogP contribution in [0.1, 0.15) is 28.5 Å². The molecule has 0 spiro atoms. The highest BCUT2D eigenvalue weighted by Crippen LogP contribution is 2.18. The fraction of sp³-hybridized carbons (Fsp3) is 0.312. The highest BCUT2D eigenvalue weighted by Gasteiger charge is 2.15. The van der Waals surface area contributed by atoms with E-state index in [1.807, 2.05) is 31.2 Å². The number of carbonyl (C=O) groups is 2. The molecule has 0 aliphatic carbocycles. The molecule has 1 heterocycles. The molecule has 0 aliphatic heterocycles. The number of benzene rings is 1. The van der Waals surface area contributed by atoms with Gasteiger partial charge < -0.3 is 10.2 Å². The molecule has 0 atom stereocenters. The largest absolute Gasteiger partial charge is 0.342 e. The van der Waals surface area contributed by atoms with E-state index in [0.717, 1.165) is 11.3 Å². The van der Waals surface area contributed by atoms with Crippen molar-refractivity contribution in [2.24, 2.45) is 7.05 Å². The number of anilines is 1. The summed E-state index contributed by atoms with van der Waals surface area (Å²) in [6, 6.07) is 7.45. The van der Waals surface area contributed by atoms with Gasteiger partial charge in [-0.3, -0.25) is 14.3 Å². The Bertz CT molecular complexity index is 706. The molecule has 2 aromatic rings. The summed E-state index contributed by atoms with van der Waals surface area (Å²) in [4.78, 5) is 25.4. The average molecular weight is 300 g/mol. The highest BCUT2D eigenvalue weighted by molar-refractivity contribution is 6.05. The number of rotatable bonds is 4. The smallest absolute Gasteiger partial charge is 0.259 e. The van der Waals surface area contributed by atoms with E-state index in [2.05, 4.69) is 10.4 Å². The number of amides is 2. The van der Waals surface area contributed by atoms with E-state index in [1.165, 1.54) is 6.92 Å². The number of carbonyl (C=O) groups excluding carboxylic acids is 2. The number of hydrogen-bond acceptors (Lipinski definition) is 3. The molecule has 0 radical (unpaired) electrons. The first kappa shape index (κ1) is 15.8. The molecule has 0 aliphatic rings. The summed E-state index contributed by atoms with van der Waals surface area (Å²) in [5, 5.41) is 6.97. The van der Waals surface area contributed by atoms with Crippen molar-refractivity contribution in [3.05, 3.63) is 47.3 Å². The van der Waals surface area contributed by atoms with E-state index in [4.69, 9.17) is 0 Å². The topological polar surface area (TPSA) is 67.2 Å². The van der Waals surface area contributed by atoms with Crippen molar-refractivity contribution in [1.29, 1.82) is 0 Å². The van der Waals surface area contributed by atoms with Gasteiger partial charge >= 0.3 is 0 Å². The zero-order valence-electron chi connectivity index (χ0n) is 13.3. The average Bonchev–Trinajstić information content (AvgIpc) is 2.81. The maximum Gasteiger partial charge on any atom is 0.259 e.